The van der Waals surface area contributed by atoms with E-state index in [1.807, 2.05) is 0 Å². The fourth-order valence-electron chi connectivity index (χ4n) is 3.99. The molecule has 2 fully saturated rings. The topological polar surface area (TPSA) is 98.6 Å². The highest BCUT2D eigenvalue weighted by molar-refractivity contribution is 8.00. The minimum atomic E-state index is -3.65. The van der Waals surface area contributed by atoms with Crippen molar-refractivity contribution in [2.75, 3.05) is 19.7 Å². The Labute approximate surface area is 189 Å². The Morgan fingerprint density at radius 1 is 1.03 bits per heavy atom. The van der Waals surface area contributed by atoms with Crippen molar-refractivity contribution in [3.8, 4) is 5.69 Å². The smallest absolute Gasteiger partial charge is 0.319 e. The highest BCUT2D eigenvalue weighted by Gasteiger charge is 2.31. The Morgan fingerprint density at radius 3 is 2.56 bits per heavy atom. The summed E-state index contributed by atoms with van der Waals surface area (Å²) in [4.78, 5) is 30.3. The van der Waals surface area contributed by atoms with Gasteiger partial charge >= 0.3 is 5.97 Å². The summed E-state index contributed by atoms with van der Waals surface area (Å²) in [5, 5.41) is 0.276. The second kappa shape index (κ2) is 8.34. The number of nitrogens with zero attached hydrogens (tertiary/aromatic N) is 3. The highest BCUT2D eigenvalue weighted by atomic mass is 32.2. The number of para-hydroxylation sites is 1. The van der Waals surface area contributed by atoms with E-state index >= 15 is 0 Å². The molecule has 8 nitrogen and oxygen atoms in total. The Hall–Kier alpha value is -2.69. The van der Waals surface area contributed by atoms with Crippen molar-refractivity contribution >= 4 is 38.7 Å². The summed E-state index contributed by atoms with van der Waals surface area (Å²) in [6.45, 7) is 1.32. The molecule has 2 aliphatic rings. The van der Waals surface area contributed by atoms with Crippen LogP contribution in [0.2, 0.25) is 0 Å². The van der Waals surface area contributed by atoms with Gasteiger partial charge in [-0.1, -0.05) is 30.0 Å². The number of rotatable bonds is 5. The predicted octanol–water partition coefficient (Wildman–Crippen LogP) is 2.58. The Morgan fingerprint density at radius 2 is 1.81 bits per heavy atom. The van der Waals surface area contributed by atoms with Crippen LogP contribution in [0, 0.1) is 0 Å². The number of carbonyl (C=O) groups excluding carboxylic acids is 1. The number of hydrogen-bond donors (Lipinski definition) is 0. The van der Waals surface area contributed by atoms with Crippen LogP contribution >= 0.6 is 11.8 Å². The van der Waals surface area contributed by atoms with Crippen molar-refractivity contribution in [3.63, 3.8) is 0 Å². The van der Waals surface area contributed by atoms with Gasteiger partial charge in [0.1, 0.15) is 5.25 Å². The average Bonchev–Trinajstić information content (AvgIpc) is 3.47. The van der Waals surface area contributed by atoms with E-state index in [0.717, 1.165) is 12.8 Å². The third-order valence-corrected chi connectivity index (χ3v) is 8.75. The van der Waals surface area contributed by atoms with Crippen LogP contribution in [0.1, 0.15) is 19.3 Å². The van der Waals surface area contributed by atoms with Gasteiger partial charge < -0.3 is 4.74 Å². The summed E-state index contributed by atoms with van der Waals surface area (Å²) in [5.74, 6) is -0.339. The van der Waals surface area contributed by atoms with Gasteiger partial charge in [0, 0.05) is 19.5 Å². The lowest BCUT2D eigenvalue weighted by molar-refractivity contribution is -0.137. The van der Waals surface area contributed by atoms with Gasteiger partial charge in [-0.05, 0) is 43.2 Å². The first-order valence-corrected chi connectivity index (χ1v) is 12.7. The number of ether oxygens (including phenoxy) is 1. The molecule has 2 aromatic carbocycles. The van der Waals surface area contributed by atoms with Gasteiger partial charge in [-0.2, -0.15) is 4.31 Å². The lowest BCUT2D eigenvalue weighted by Crippen LogP contribution is -2.28. The molecule has 1 unspecified atom stereocenters. The molecule has 2 aliphatic heterocycles. The second-order valence-corrected chi connectivity index (χ2v) is 10.8. The van der Waals surface area contributed by atoms with Gasteiger partial charge in [0.15, 0.2) is 5.16 Å². The van der Waals surface area contributed by atoms with Crippen molar-refractivity contribution < 1.29 is 17.9 Å². The minimum Gasteiger partial charge on any atom is -0.465 e. The van der Waals surface area contributed by atoms with E-state index in [2.05, 4.69) is 4.98 Å². The Balaban J connectivity index is 1.66. The molecular weight excluding hydrogens is 450 g/mol. The number of esters is 1. The lowest BCUT2D eigenvalue weighted by Gasteiger charge is -2.18. The van der Waals surface area contributed by atoms with E-state index in [0.29, 0.717) is 47.9 Å². The first kappa shape index (κ1) is 21.2. The predicted molar refractivity (Wildman–Crippen MR) is 121 cm³/mol. The third-order valence-electron chi connectivity index (χ3n) is 5.66. The summed E-state index contributed by atoms with van der Waals surface area (Å²) < 4.78 is 34.1. The maximum Gasteiger partial charge on any atom is 0.319 e. The largest absolute Gasteiger partial charge is 0.465 e. The molecule has 0 radical (unpaired) electrons. The summed E-state index contributed by atoms with van der Waals surface area (Å²) in [5.41, 5.74) is 0.589. The molecule has 1 atom stereocenters. The van der Waals surface area contributed by atoms with E-state index < -0.39 is 15.3 Å². The fourth-order valence-corrected chi connectivity index (χ4v) is 6.63. The quantitative estimate of drug-likeness (QED) is 0.417. The highest BCUT2D eigenvalue weighted by Crippen LogP contribution is 2.31. The van der Waals surface area contributed by atoms with E-state index in [9.17, 15) is 18.0 Å². The summed E-state index contributed by atoms with van der Waals surface area (Å²) in [6.07, 6.45) is 2.20. The van der Waals surface area contributed by atoms with Gasteiger partial charge in [0.2, 0.25) is 10.0 Å². The van der Waals surface area contributed by atoms with E-state index in [-0.39, 0.29) is 16.4 Å². The first-order valence-electron chi connectivity index (χ1n) is 10.4. The Kier molecular flexibility index (Phi) is 5.52. The van der Waals surface area contributed by atoms with Crippen LogP contribution in [0.25, 0.3) is 16.6 Å². The van der Waals surface area contributed by atoms with Crippen LogP contribution in [0.3, 0.4) is 0 Å². The molecule has 32 heavy (non-hydrogen) atoms. The van der Waals surface area contributed by atoms with Crippen molar-refractivity contribution in [2.24, 2.45) is 0 Å². The van der Waals surface area contributed by atoms with Crippen LogP contribution in [0.5, 0.6) is 0 Å². The molecule has 2 saturated heterocycles. The van der Waals surface area contributed by atoms with Crippen LogP contribution in [-0.4, -0.2) is 53.2 Å². The number of sulfonamides is 1. The lowest BCUT2D eigenvalue weighted by atomic mass is 10.2. The maximum atomic E-state index is 13.5. The molecule has 5 rings (SSSR count). The van der Waals surface area contributed by atoms with Crippen LogP contribution in [0.4, 0.5) is 0 Å². The van der Waals surface area contributed by atoms with Crippen molar-refractivity contribution in [2.45, 2.75) is 34.6 Å². The zero-order valence-electron chi connectivity index (χ0n) is 17.1. The summed E-state index contributed by atoms with van der Waals surface area (Å²) >= 11 is 1.17. The van der Waals surface area contributed by atoms with Crippen LogP contribution in [0.15, 0.2) is 63.4 Å². The molecule has 0 spiro atoms. The van der Waals surface area contributed by atoms with Gasteiger partial charge in [-0.25, -0.2) is 13.4 Å². The Bertz CT molecular complexity index is 1360. The number of fused-ring (bicyclic) bond motifs is 1. The number of carbonyl (C=O) groups is 1. The first-order chi connectivity index (χ1) is 15.4. The van der Waals surface area contributed by atoms with Crippen molar-refractivity contribution in [3.05, 3.63) is 58.9 Å². The molecule has 0 bridgehead atoms. The number of thioether (sulfide) groups is 1. The van der Waals surface area contributed by atoms with E-state index in [4.69, 9.17) is 4.74 Å². The maximum absolute atomic E-state index is 13.5. The number of aromatic nitrogens is 2. The molecule has 0 N–H and O–H groups in total. The zero-order valence-corrected chi connectivity index (χ0v) is 18.8. The van der Waals surface area contributed by atoms with Crippen LogP contribution in [-0.2, 0) is 19.6 Å². The molecule has 3 heterocycles. The van der Waals surface area contributed by atoms with Crippen LogP contribution < -0.4 is 5.56 Å². The second-order valence-electron chi connectivity index (χ2n) is 7.72. The molecular formula is C22H21N3O5S2. The minimum absolute atomic E-state index is 0.133. The normalized spacial score (nSPS) is 19.5. The molecule has 166 valence electrons. The SMILES string of the molecule is O=C1OCCC1Sc1nc2ccccc2c(=O)n1-c1cccc(S(=O)(=O)N2CCCC2)c1. The monoisotopic (exact) mass is 471 g/mol. The summed E-state index contributed by atoms with van der Waals surface area (Å²) in [6, 6.07) is 13.3. The standard InChI is InChI=1S/C22H21N3O5S2/c26-20-17-8-1-2-9-18(17)23-22(31-19-10-13-30-21(19)27)25(20)15-6-5-7-16(14-15)32(28,29)24-11-3-4-12-24/h1-2,5-9,14,19H,3-4,10-13H2. The van der Waals surface area contributed by atoms with Gasteiger partial charge in [0.05, 0.1) is 28.1 Å². The van der Waals surface area contributed by atoms with E-state index in [1.54, 1.807) is 36.4 Å². The molecule has 3 aromatic rings. The molecule has 0 amide bonds. The average molecular weight is 472 g/mol. The molecule has 0 saturated carbocycles. The van der Waals surface area contributed by atoms with E-state index in [1.165, 1.54) is 32.8 Å². The van der Waals surface area contributed by atoms with Crippen molar-refractivity contribution in [1.29, 1.82) is 0 Å². The van der Waals surface area contributed by atoms with Crippen molar-refractivity contribution in [1.82, 2.24) is 13.9 Å². The third kappa shape index (κ3) is 3.72. The molecule has 10 heteroatoms. The van der Waals surface area contributed by atoms with Gasteiger partial charge in [-0.15, -0.1) is 0 Å². The summed E-state index contributed by atoms with van der Waals surface area (Å²) in [7, 11) is -3.65. The van der Waals surface area contributed by atoms with Gasteiger partial charge in [0.25, 0.3) is 5.56 Å². The van der Waals surface area contributed by atoms with Gasteiger partial charge in [-0.3, -0.25) is 14.2 Å². The molecule has 0 aliphatic carbocycles. The molecule has 1 aromatic heterocycles. The number of benzene rings is 2. The number of hydrogen-bond acceptors (Lipinski definition) is 7. The fraction of sp³-hybridized carbons (Fsp3) is 0.318. The number of cyclic esters (lactones) is 1. The zero-order chi connectivity index (χ0) is 22.3.